The van der Waals surface area contributed by atoms with Crippen LogP contribution in [0.5, 0.6) is 5.75 Å². The predicted molar refractivity (Wildman–Crippen MR) is 259 cm³/mol. The van der Waals surface area contributed by atoms with Crippen LogP contribution < -0.4 is 10.7 Å². The molecule has 0 spiro atoms. The number of aromatic hydroxyl groups is 1. The van der Waals surface area contributed by atoms with Gasteiger partial charge >= 0.3 is 5.97 Å². The molecule has 2 aromatic heterocycles. The maximum atomic E-state index is 14.8. The van der Waals surface area contributed by atoms with Crippen LogP contribution in [0.1, 0.15) is 70.6 Å². The van der Waals surface area contributed by atoms with Gasteiger partial charge in [-0.2, -0.15) is 22.5 Å². The molecule has 3 saturated heterocycles. The molecule has 4 aliphatic heterocycles. The number of benzene rings is 2. The van der Waals surface area contributed by atoms with Gasteiger partial charge in [0.1, 0.15) is 17.8 Å². The number of aromatic nitrogens is 2. The van der Waals surface area contributed by atoms with Crippen molar-refractivity contribution in [2.24, 2.45) is 17.3 Å². The first kappa shape index (κ1) is 50.9. The van der Waals surface area contributed by atoms with Crippen molar-refractivity contribution in [3.05, 3.63) is 71.5 Å². The number of pyridine rings is 1. The third kappa shape index (κ3) is 10.0. The highest BCUT2D eigenvalue weighted by Gasteiger charge is 2.47. The van der Waals surface area contributed by atoms with Gasteiger partial charge in [0.2, 0.25) is 17.5 Å². The number of hydrogen-bond acceptors (Lipinski definition) is 13. The first-order chi connectivity index (χ1) is 33.1. The molecule has 19 nitrogen and oxygen atoms in total. The second-order valence-corrected chi connectivity index (χ2v) is 22.3. The van der Waals surface area contributed by atoms with Crippen LogP contribution in [0.3, 0.4) is 0 Å². The van der Waals surface area contributed by atoms with Crippen molar-refractivity contribution in [2.75, 3.05) is 53.5 Å². The average Bonchev–Trinajstić information content (AvgIpc) is 3.92. The van der Waals surface area contributed by atoms with Gasteiger partial charge in [0.05, 0.1) is 30.9 Å². The minimum absolute atomic E-state index is 0.0133. The smallest absolute Gasteiger partial charge is 0.355 e. The molecule has 0 unspecified atom stereocenters. The Hall–Kier alpha value is -5.48. The fourth-order valence-corrected chi connectivity index (χ4v) is 12.2. The van der Waals surface area contributed by atoms with Crippen molar-refractivity contribution in [3.8, 4) is 28.1 Å². The molecular formula is C50H66N8O11S. The molecule has 4 atom stereocenters. The molecule has 0 saturated carbocycles. The Balaban J connectivity index is 1.17. The van der Waals surface area contributed by atoms with Crippen LogP contribution in [-0.4, -0.2) is 153 Å². The van der Waals surface area contributed by atoms with Crippen LogP contribution >= 0.6 is 0 Å². The topological polar surface area (TPSA) is 236 Å². The van der Waals surface area contributed by atoms with Crippen molar-refractivity contribution < 1.29 is 52.4 Å². The maximum Gasteiger partial charge on any atom is 0.355 e. The normalized spacial score (nSPS) is 23.2. The first-order valence-electron chi connectivity index (χ1n) is 24.0. The molecule has 3 fully saturated rings. The van der Waals surface area contributed by atoms with Gasteiger partial charge in [-0.1, -0.05) is 39.8 Å². The van der Waals surface area contributed by atoms with Gasteiger partial charge in [-0.05, 0) is 90.3 Å². The third-order valence-corrected chi connectivity index (χ3v) is 16.0. The number of carbonyl (C=O) groups is 4. The fourth-order valence-electron chi connectivity index (χ4n) is 10.5. The van der Waals surface area contributed by atoms with E-state index in [1.807, 2.05) is 44.3 Å². The Labute approximate surface area is 408 Å². The molecular weight excluding hydrogens is 921 g/mol. The van der Waals surface area contributed by atoms with E-state index >= 15 is 0 Å². The Morgan fingerprint density at radius 3 is 2.51 bits per heavy atom. The molecule has 70 heavy (non-hydrogen) atoms. The molecule has 0 aliphatic carbocycles. The van der Waals surface area contributed by atoms with E-state index in [1.165, 1.54) is 26.6 Å². The predicted octanol–water partition coefficient (Wildman–Crippen LogP) is 2.94. The Kier molecular flexibility index (Phi) is 14.5. The number of aryl methyl sites for hydroxylation is 1. The number of amides is 3. The van der Waals surface area contributed by atoms with E-state index in [4.69, 9.17) is 9.47 Å². The number of carbonyl (C=O) groups excluding carboxylic acids is 4. The minimum atomic E-state index is -3.88. The van der Waals surface area contributed by atoms with Gasteiger partial charge in [0.25, 0.3) is 16.1 Å². The number of methoxy groups -OCH3 is 1. The lowest BCUT2D eigenvalue weighted by atomic mass is 9.84. The van der Waals surface area contributed by atoms with E-state index in [0.717, 1.165) is 43.9 Å². The van der Waals surface area contributed by atoms with Crippen molar-refractivity contribution >= 4 is 44.8 Å². The number of aliphatic hydroxyl groups is 2. The molecule has 5 N–H and O–H groups in total. The van der Waals surface area contributed by atoms with Crippen molar-refractivity contribution in [2.45, 2.75) is 104 Å². The molecule has 4 aliphatic rings. The monoisotopic (exact) mass is 986 g/mol. The summed E-state index contributed by atoms with van der Waals surface area (Å²) in [5.74, 6) is -4.04. The average molecular weight is 987 g/mol. The van der Waals surface area contributed by atoms with E-state index in [9.17, 15) is 42.9 Å². The molecule has 6 heterocycles. The number of hydrogen-bond donors (Lipinski definition) is 5. The summed E-state index contributed by atoms with van der Waals surface area (Å²) in [4.78, 5) is 63.3. The Morgan fingerprint density at radius 2 is 1.81 bits per heavy atom. The van der Waals surface area contributed by atoms with Crippen LogP contribution in [0.15, 0.2) is 54.9 Å². The summed E-state index contributed by atoms with van der Waals surface area (Å²) >= 11 is 0. The highest BCUT2D eigenvalue weighted by Crippen LogP contribution is 2.42. The minimum Gasteiger partial charge on any atom is -0.508 e. The highest BCUT2D eigenvalue weighted by atomic mass is 32.2. The van der Waals surface area contributed by atoms with Crippen molar-refractivity contribution in [3.63, 3.8) is 0 Å². The van der Waals surface area contributed by atoms with Gasteiger partial charge in [0.15, 0.2) is 0 Å². The number of aliphatic hydroxyl groups excluding tert-OH is 1. The second kappa shape index (κ2) is 20.0. The number of esters is 1. The number of nitrogens with one attached hydrogen (secondary N) is 2. The van der Waals surface area contributed by atoms with E-state index < -0.39 is 75.1 Å². The van der Waals surface area contributed by atoms with Gasteiger partial charge in [0, 0.05) is 101 Å². The molecule has 3 amide bonds. The summed E-state index contributed by atoms with van der Waals surface area (Å²) in [7, 11) is -0.754. The zero-order valence-electron chi connectivity index (χ0n) is 41.0. The van der Waals surface area contributed by atoms with E-state index in [2.05, 4.69) is 33.3 Å². The standard InChI is InChI=1S/C50H66N8O11S/c1-8-57-42-11-10-32-22-38(42)39(44(57)40-24-51-15-12-34(40)28-68-7)23-49(4,5)29-69-48(64)50(65)14-9-16-58(53-50)47(63)41(20-31-18-35(32)21-36(59)19-31)52-45(61)43(30(2)3)54(6)46(62)33-13-17-55(25-33)70(66,67)56-26-37(60)27-56/h10-12,15,18-19,21-22,24,30,33,37,41,43,53,59-60,65H,8-9,13-14,16-17,20,23,25-29H2,1-7H3,(H,52,61)/t33-,41-,43-,50-/m0/s1. The molecule has 4 aromatic rings. The van der Waals surface area contributed by atoms with Crippen LogP contribution in [-0.2, 0) is 64.9 Å². The number of phenols is 1. The lowest BCUT2D eigenvalue weighted by Crippen LogP contribution is -2.67. The summed E-state index contributed by atoms with van der Waals surface area (Å²) in [5.41, 5.74) is 6.36. The van der Waals surface area contributed by atoms with E-state index in [0.29, 0.717) is 30.7 Å². The van der Waals surface area contributed by atoms with Crippen LogP contribution in [0.4, 0.5) is 0 Å². The van der Waals surface area contributed by atoms with Crippen LogP contribution in [0, 0.1) is 17.3 Å². The Morgan fingerprint density at radius 1 is 1.06 bits per heavy atom. The number of likely N-dealkylation sites (N-methyl/N-ethyl adjacent to an activating group) is 1. The molecule has 0 radical (unpaired) electrons. The van der Waals surface area contributed by atoms with Gasteiger partial charge in [-0.25, -0.2) is 4.79 Å². The number of ether oxygens (including phenoxy) is 2. The molecule has 20 heteroatoms. The molecule has 378 valence electrons. The number of fused-ring (bicyclic) bond motifs is 6. The number of cyclic esters (lactones) is 1. The van der Waals surface area contributed by atoms with Gasteiger partial charge in [-0.15, -0.1) is 0 Å². The summed E-state index contributed by atoms with van der Waals surface area (Å²) in [6.45, 7) is 10.5. The van der Waals surface area contributed by atoms with Gasteiger partial charge in [-0.3, -0.25) is 24.4 Å². The molecule has 6 bridgehead atoms. The maximum absolute atomic E-state index is 14.8. The summed E-state index contributed by atoms with van der Waals surface area (Å²) in [6.07, 6.45) is 3.50. The number of hydrazine groups is 1. The number of rotatable bonds is 11. The lowest BCUT2D eigenvalue weighted by molar-refractivity contribution is -0.189. The Bertz CT molecular complexity index is 2770. The van der Waals surface area contributed by atoms with Crippen LogP contribution in [0.25, 0.3) is 33.3 Å². The molecule has 2 aromatic carbocycles. The van der Waals surface area contributed by atoms with Crippen molar-refractivity contribution in [1.29, 1.82) is 0 Å². The third-order valence-electron chi connectivity index (χ3n) is 14.1. The summed E-state index contributed by atoms with van der Waals surface area (Å²) in [6, 6.07) is 10.6. The summed E-state index contributed by atoms with van der Waals surface area (Å²) < 4.78 is 42.6. The SMILES string of the molecule is CCn1c(-c2cnccc2COC)c2c3cc(ccc31)-c1cc(O)cc(c1)C[C@H](NC(=O)[C@H](C(C)C)N(C)C(=O)[C@H]1CCN(S(=O)(=O)N3CC(O)C3)C1)C(=O)N1CCC[C@@](O)(N1)C(=O)OCC(C)(C)C2. The van der Waals surface area contributed by atoms with E-state index in [1.54, 1.807) is 33.2 Å². The van der Waals surface area contributed by atoms with Crippen molar-refractivity contribution in [1.82, 2.24) is 38.8 Å². The molecule has 8 rings (SSSR count). The fraction of sp³-hybridized carbons (Fsp3) is 0.540. The lowest BCUT2D eigenvalue weighted by Gasteiger charge is -2.40. The second-order valence-electron chi connectivity index (χ2n) is 20.4. The highest BCUT2D eigenvalue weighted by molar-refractivity contribution is 7.86. The quantitative estimate of drug-likeness (QED) is 0.136. The number of nitrogens with zero attached hydrogens (tertiary/aromatic N) is 6. The van der Waals surface area contributed by atoms with Gasteiger partial charge < -0.3 is 39.6 Å². The van der Waals surface area contributed by atoms with E-state index in [-0.39, 0.29) is 70.8 Å². The zero-order chi connectivity index (χ0) is 50.4. The number of β-amino-alcohol motifs (C(OH)–C–C–N with tert-alkyl or cyclic N) is 1. The van der Waals surface area contributed by atoms with Crippen LogP contribution in [0.2, 0.25) is 0 Å². The zero-order valence-corrected chi connectivity index (χ0v) is 41.8. The first-order valence-corrected chi connectivity index (χ1v) is 25.4. The number of phenolic OH excluding ortho intramolecular Hbond substituents is 1. The largest absolute Gasteiger partial charge is 0.508 e. The summed E-state index contributed by atoms with van der Waals surface area (Å²) in [5, 5.41) is 37.9.